The minimum Gasteiger partial charge on any atom is -0.484 e. The second-order valence-electron chi connectivity index (χ2n) is 5.56. The molecule has 2 aromatic carbocycles. The van der Waals surface area contributed by atoms with Crippen LogP contribution in [0.5, 0.6) is 5.75 Å². The molecule has 1 aliphatic rings. The lowest BCUT2D eigenvalue weighted by Gasteiger charge is -2.14. The van der Waals surface area contributed by atoms with Gasteiger partial charge >= 0.3 is 0 Å². The smallest absolute Gasteiger partial charge is 0.258 e. The van der Waals surface area contributed by atoms with Gasteiger partial charge in [0.25, 0.3) is 5.91 Å². The van der Waals surface area contributed by atoms with E-state index in [2.05, 4.69) is 17.4 Å². The van der Waals surface area contributed by atoms with Crippen molar-refractivity contribution < 1.29 is 9.53 Å². The molecule has 1 N–H and O–H groups in total. The molecule has 1 atom stereocenters. The van der Waals surface area contributed by atoms with Crippen LogP contribution in [-0.4, -0.2) is 12.5 Å². The Labute approximate surface area is 135 Å². The zero-order valence-electron chi connectivity index (χ0n) is 12.4. The van der Waals surface area contributed by atoms with Gasteiger partial charge in [-0.2, -0.15) is 0 Å². The Hall–Kier alpha value is -2.00. The van der Waals surface area contributed by atoms with Crippen LogP contribution < -0.4 is 10.1 Å². The zero-order chi connectivity index (χ0) is 15.5. The summed E-state index contributed by atoms with van der Waals surface area (Å²) in [6.07, 6.45) is 1.96. The SMILES string of the molecule is Cc1cc(OCC(=O)NC2CCc3ccccc32)ccc1Cl. The van der Waals surface area contributed by atoms with E-state index in [0.717, 1.165) is 18.4 Å². The number of rotatable bonds is 4. The molecule has 0 fully saturated rings. The van der Waals surface area contributed by atoms with Gasteiger partial charge in [-0.3, -0.25) is 4.79 Å². The Kier molecular flexibility index (Phi) is 4.34. The van der Waals surface area contributed by atoms with Crippen molar-refractivity contribution >= 4 is 17.5 Å². The fourth-order valence-electron chi connectivity index (χ4n) is 2.80. The first-order valence-corrected chi connectivity index (χ1v) is 7.77. The Morgan fingerprint density at radius 1 is 1.32 bits per heavy atom. The predicted molar refractivity (Wildman–Crippen MR) is 87.3 cm³/mol. The molecule has 1 unspecified atom stereocenters. The number of fused-ring (bicyclic) bond motifs is 1. The summed E-state index contributed by atoms with van der Waals surface area (Å²) in [5.41, 5.74) is 3.48. The van der Waals surface area contributed by atoms with Crippen LogP contribution in [0.3, 0.4) is 0 Å². The van der Waals surface area contributed by atoms with E-state index in [4.69, 9.17) is 16.3 Å². The first-order valence-electron chi connectivity index (χ1n) is 7.39. The highest BCUT2D eigenvalue weighted by Crippen LogP contribution is 2.30. The molecule has 0 saturated heterocycles. The lowest BCUT2D eigenvalue weighted by Crippen LogP contribution is -2.31. The monoisotopic (exact) mass is 315 g/mol. The lowest BCUT2D eigenvalue weighted by atomic mass is 10.1. The van der Waals surface area contributed by atoms with Crippen molar-refractivity contribution in [3.63, 3.8) is 0 Å². The van der Waals surface area contributed by atoms with Crippen molar-refractivity contribution in [3.8, 4) is 5.75 Å². The number of aryl methyl sites for hydroxylation is 2. The highest BCUT2D eigenvalue weighted by molar-refractivity contribution is 6.31. The van der Waals surface area contributed by atoms with E-state index in [1.807, 2.05) is 25.1 Å². The average Bonchev–Trinajstić information content (AvgIpc) is 2.92. The Morgan fingerprint density at radius 2 is 2.14 bits per heavy atom. The number of carbonyl (C=O) groups excluding carboxylic acids is 1. The van der Waals surface area contributed by atoms with Gasteiger partial charge < -0.3 is 10.1 Å². The fourth-order valence-corrected chi connectivity index (χ4v) is 2.92. The van der Waals surface area contributed by atoms with Crippen molar-refractivity contribution in [2.24, 2.45) is 0 Å². The molecule has 22 heavy (non-hydrogen) atoms. The lowest BCUT2D eigenvalue weighted by molar-refractivity contribution is -0.123. The molecule has 4 heteroatoms. The number of nitrogens with one attached hydrogen (secondary N) is 1. The quantitative estimate of drug-likeness (QED) is 0.931. The highest BCUT2D eigenvalue weighted by Gasteiger charge is 2.23. The maximum atomic E-state index is 12.1. The van der Waals surface area contributed by atoms with Crippen molar-refractivity contribution in [2.45, 2.75) is 25.8 Å². The van der Waals surface area contributed by atoms with Gasteiger partial charge in [-0.1, -0.05) is 35.9 Å². The number of benzene rings is 2. The van der Waals surface area contributed by atoms with E-state index in [0.29, 0.717) is 10.8 Å². The summed E-state index contributed by atoms with van der Waals surface area (Å²) in [7, 11) is 0. The zero-order valence-corrected chi connectivity index (χ0v) is 13.2. The second-order valence-corrected chi connectivity index (χ2v) is 5.96. The Balaban J connectivity index is 1.56. The summed E-state index contributed by atoms with van der Waals surface area (Å²) >= 11 is 5.97. The molecule has 0 spiro atoms. The van der Waals surface area contributed by atoms with Crippen LogP contribution in [0.1, 0.15) is 29.2 Å². The van der Waals surface area contributed by atoms with Crippen molar-refractivity contribution in [1.82, 2.24) is 5.32 Å². The average molecular weight is 316 g/mol. The van der Waals surface area contributed by atoms with Gasteiger partial charge in [0.1, 0.15) is 5.75 Å². The van der Waals surface area contributed by atoms with E-state index in [1.165, 1.54) is 11.1 Å². The minimum absolute atomic E-state index is 0.0136. The Bertz CT molecular complexity index is 699. The summed E-state index contributed by atoms with van der Waals surface area (Å²) in [5.74, 6) is 0.554. The first-order chi connectivity index (χ1) is 10.6. The van der Waals surface area contributed by atoms with Gasteiger partial charge in [0.2, 0.25) is 0 Å². The van der Waals surface area contributed by atoms with E-state index in [-0.39, 0.29) is 18.6 Å². The number of amides is 1. The molecule has 1 aliphatic carbocycles. The topological polar surface area (TPSA) is 38.3 Å². The summed E-state index contributed by atoms with van der Waals surface area (Å²) in [5, 5.41) is 3.74. The van der Waals surface area contributed by atoms with Gasteiger partial charge in [0, 0.05) is 5.02 Å². The molecule has 0 bridgehead atoms. The van der Waals surface area contributed by atoms with E-state index in [1.54, 1.807) is 12.1 Å². The van der Waals surface area contributed by atoms with E-state index in [9.17, 15) is 4.79 Å². The van der Waals surface area contributed by atoms with Crippen molar-refractivity contribution in [1.29, 1.82) is 0 Å². The highest BCUT2D eigenvalue weighted by atomic mass is 35.5. The molecule has 3 nitrogen and oxygen atoms in total. The first kappa shape index (κ1) is 14.9. The third-order valence-corrected chi connectivity index (χ3v) is 4.39. The number of hydrogen-bond donors (Lipinski definition) is 1. The number of halogens is 1. The molecule has 3 rings (SSSR count). The molecule has 114 valence electrons. The van der Waals surface area contributed by atoms with Crippen LogP contribution in [0.25, 0.3) is 0 Å². The van der Waals surface area contributed by atoms with E-state index >= 15 is 0 Å². The molecular formula is C18H18ClNO2. The number of carbonyl (C=O) groups is 1. The maximum Gasteiger partial charge on any atom is 0.258 e. The summed E-state index contributed by atoms with van der Waals surface area (Å²) in [6.45, 7) is 1.92. The molecule has 2 aromatic rings. The standard InChI is InChI=1S/C18H18ClNO2/c1-12-10-14(7-8-16(12)19)22-11-18(21)20-17-9-6-13-4-2-3-5-15(13)17/h2-5,7-8,10,17H,6,9,11H2,1H3,(H,20,21). The van der Waals surface area contributed by atoms with E-state index < -0.39 is 0 Å². The summed E-state index contributed by atoms with van der Waals surface area (Å²) in [6, 6.07) is 13.7. The summed E-state index contributed by atoms with van der Waals surface area (Å²) < 4.78 is 5.53. The molecule has 0 radical (unpaired) electrons. The fraction of sp³-hybridized carbons (Fsp3) is 0.278. The van der Waals surface area contributed by atoms with Crippen LogP contribution in [0.2, 0.25) is 5.02 Å². The van der Waals surface area contributed by atoms with Crippen LogP contribution in [0, 0.1) is 6.92 Å². The molecular weight excluding hydrogens is 298 g/mol. The van der Waals surface area contributed by atoms with Gasteiger partial charge in [-0.15, -0.1) is 0 Å². The summed E-state index contributed by atoms with van der Waals surface area (Å²) in [4.78, 5) is 12.1. The molecule has 0 saturated carbocycles. The van der Waals surface area contributed by atoms with Crippen LogP contribution in [-0.2, 0) is 11.2 Å². The third kappa shape index (κ3) is 3.25. The second kappa shape index (κ2) is 6.41. The van der Waals surface area contributed by atoms with Crippen LogP contribution >= 0.6 is 11.6 Å². The van der Waals surface area contributed by atoms with Gasteiger partial charge in [0.05, 0.1) is 6.04 Å². The molecule has 0 heterocycles. The van der Waals surface area contributed by atoms with Crippen LogP contribution in [0.15, 0.2) is 42.5 Å². The normalized spacial score (nSPS) is 16.2. The predicted octanol–water partition coefficient (Wildman–Crippen LogP) is 3.83. The van der Waals surface area contributed by atoms with Gasteiger partial charge in [-0.25, -0.2) is 0 Å². The van der Waals surface area contributed by atoms with Crippen LogP contribution in [0.4, 0.5) is 0 Å². The molecule has 0 aromatic heterocycles. The third-order valence-electron chi connectivity index (χ3n) is 3.97. The van der Waals surface area contributed by atoms with Crippen molar-refractivity contribution in [3.05, 3.63) is 64.2 Å². The number of hydrogen-bond acceptors (Lipinski definition) is 2. The minimum atomic E-state index is -0.102. The van der Waals surface area contributed by atoms with Gasteiger partial charge in [0.15, 0.2) is 6.61 Å². The van der Waals surface area contributed by atoms with Gasteiger partial charge in [-0.05, 0) is 54.7 Å². The Morgan fingerprint density at radius 3 is 2.95 bits per heavy atom. The number of ether oxygens (including phenoxy) is 1. The maximum absolute atomic E-state index is 12.1. The molecule has 1 amide bonds. The molecule has 0 aliphatic heterocycles. The van der Waals surface area contributed by atoms with Crippen molar-refractivity contribution in [2.75, 3.05) is 6.61 Å². The largest absolute Gasteiger partial charge is 0.484 e.